The lowest BCUT2D eigenvalue weighted by Crippen LogP contribution is -2.41. The number of rotatable bonds is 5. The molecule has 2 rings (SSSR count). The van der Waals surface area contributed by atoms with Gasteiger partial charge in [0.2, 0.25) is 5.91 Å². The number of carbonyl (C=O) groups is 1. The van der Waals surface area contributed by atoms with E-state index >= 15 is 0 Å². The topological polar surface area (TPSA) is 49.6 Å². The van der Waals surface area contributed by atoms with Crippen LogP contribution in [-0.4, -0.2) is 55.0 Å². The minimum Gasteiger partial charge on any atom is -0.343 e. The molecule has 0 atom stereocenters. The van der Waals surface area contributed by atoms with Crippen molar-refractivity contribution in [3.05, 3.63) is 0 Å². The van der Waals surface area contributed by atoms with Gasteiger partial charge in [-0.1, -0.05) is 0 Å². The van der Waals surface area contributed by atoms with E-state index in [0.717, 1.165) is 25.4 Å². The smallest absolute Gasteiger partial charge is 0.222 e. The van der Waals surface area contributed by atoms with Crippen LogP contribution in [0.5, 0.6) is 0 Å². The van der Waals surface area contributed by atoms with Gasteiger partial charge in [-0.2, -0.15) is 0 Å². The van der Waals surface area contributed by atoms with Crippen LogP contribution in [0.3, 0.4) is 0 Å². The van der Waals surface area contributed by atoms with E-state index in [0.29, 0.717) is 18.9 Å². The first-order valence-electron chi connectivity index (χ1n) is 7.50. The summed E-state index contributed by atoms with van der Waals surface area (Å²) in [6.07, 6.45) is 6.57. The normalized spacial score (nSPS) is 20.4. The fourth-order valence-corrected chi connectivity index (χ4v) is 3.11. The molecule has 2 saturated heterocycles. The minimum atomic E-state index is 0. The zero-order valence-corrected chi connectivity index (χ0v) is 13.9. The van der Waals surface area contributed by atoms with Gasteiger partial charge in [0.15, 0.2) is 0 Å². The van der Waals surface area contributed by atoms with E-state index in [9.17, 15) is 4.79 Å². The van der Waals surface area contributed by atoms with Gasteiger partial charge in [-0.3, -0.25) is 4.79 Å². The summed E-state index contributed by atoms with van der Waals surface area (Å²) in [4.78, 5) is 16.5. The van der Waals surface area contributed by atoms with Crippen molar-refractivity contribution in [2.75, 3.05) is 39.3 Å². The summed E-state index contributed by atoms with van der Waals surface area (Å²) < 4.78 is 0. The van der Waals surface area contributed by atoms with Crippen LogP contribution in [0.1, 0.15) is 38.5 Å². The molecular formula is C14H29Cl2N3O. The van der Waals surface area contributed by atoms with E-state index in [1.165, 1.54) is 45.3 Å². The van der Waals surface area contributed by atoms with Gasteiger partial charge in [0.05, 0.1) is 0 Å². The van der Waals surface area contributed by atoms with Gasteiger partial charge in [0.1, 0.15) is 0 Å². The number of carbonyl (C=O) groups excluding carboxylic acids is 1. The van der Waals surface area contributed by atoms with Gasteiger partial charge in [-0.05, 0) is 57.7 Å². The summed E-state index contributed by atoms with van der Waals surface area (Å²) in [6.45, 7) is 6.37. The third kappa shape index (κ3) is 6.17. The molecule has 2 aliphatic rings. The molecule has 6 heteroatoms. The molecule has 0 aromatic rings. The molecule has 2 heterocycles. The van der Waals surface area contributed by atoms with Gasteiger partial charge >= 0.3 is 0 Å². The predicted octanol–water partition coefficient (Wildman–Crippen LogP) is 1.90. The maximum absolute atomic E-state index is 11.9. The fourth-order valence-electron chi connectivity index (χ4n) is 3.11. The van der Waals surface area contributed by atoms with Crippen LogP contribution in [0.2, 0.25) is 0 Å². The van der Waals surface area contributed by atoms with Gasteiger partial charge in [0, 0.05) is 26.1 Å². The summed E-state index contributed by atoms with van der Waals surface area (Å²) in [6, 6.07) is 0. The van der Waals surface area contributed by atoms with Crippen LogP contribution in [0.15, 0.2) is 0 Å². The van der Waals surface area contributed by atoms with Crippen molar-refractivity contribution in [1.82, 2.24) is 9.80 Å². The Labute approximate surface area is 135 Å². The number of hydrogen-bond acceptors (Lipinski definition) is 3. The molecule has 20 heavy (non-hydrogen) atoms. The van der Waals surface area contributed by atoms with E-state index in [1.807, 2.05) is 4.90 Å². The number of amides is 1. The molecule has 0 aliphatic carbocycles. The Kier molecular flexibility index (Phi) is 10.6. The average Bonchev–Trinajstić information content (AvgIpc) is 2.89. The first-order chi connectivity index (χ1) is 8.79. The Morgan fingerprint density at radius 3 is 2.20 bits per heavy atom. The van der Waals surface area contributed by atoms with Crippen LogP contribution in [-0.2, 0) is 4.79 Å². The quantitative estimate of drug-likeness (QED) is 0.839. The Balaban J connectivity index is 0.00000180. The lowest BCUT2D eigenvalue weighted by atomic mass is 9.96. The first kappa shape index (κ1) is 20.0. The molecule has 0 aromatic carbocycles. The number of nitrogens with two attached hydrogens (primary N) is 1. The molecule has 120 valence electrons. The summed E-state index contributed by atoms with van der Waals surface area (Å²) in [5.41, 5.74) is 5.44. The minimum absolute atomic E-state index is 0. The second-order valence-corrected chi connectivity index (χ2v) is 5.72. The van der Waals surface area contributed by atoms with Crippen molar-refractivity contribution in [3.63, 3.8) is 0 Å². The Morgan fingerprint density at radius 2 is 1.65 bits per heavy atom. The molecule has 0 saturated carbocycles. The molecule has 0 bridgehead atoms. The highest BCUT2D eigenvalue weighted by Gasteiger charge is 2.24. The van der Waals surface area contributed by atoms with E-state index in [2.05, 4.69) is 4.90 Å². The third-order valence-corrected chi connectivity index (χ3v) is 4.28. The maximum Gasteiger partial charge on any atom is 0.222 e. The van der Waals surface area contributed by atoms with E-state index in [4.69, 9.17) is 5.73 Å². The van der Waals surface area contributed by atoms with Gasteiger partial charge < -0.3 is 15.5 Å². The van der Waals surface area contributed by atoms with Gasteiger partial charge in [-0.25, -0.2) is 0 Å². The van der Waals surface area contributed by atoms with E-state index < -0.39 is 0 Å². The number of nitrogens with zero attached hydrogens (tertiary/aromatic N) is 2. The molecule has 2 aliphatic heterocycles. The fraction of sp³-hybridized carbons (Fsp3) is 0.929. The lowest BCUT2D eigenvalue weighted by molar-refractivity contribution is -0.132. The average molecular weight is 326 g/mol. The molecular weight excluding hydrogens is 297 g/mol. The summed E-state index contributed by atoms with van der Waals surface area (Å²) in [5.74, 6) is 1.11. The van der Waals surface area contributed by atoms with Crippen molar-refractivity contribution in [3.8, 4) is 0 Å². The predicted molar refractivity (Wildman–Crippen MR) is 87.8 cm³/mol. The second kappa shape index (κ2) is 10.7. The molecule has 4 nitrogen and oxygen atoms in total. The lowest BCUT2D eigenvalue weighted by Gasteiger charge is -2.34. The van der Waals surface area contributed by atoms with Crippen LogP contribution in [0, 0.1) is 5.92 Å². The highest BCUT2D eigenvalue weighted by Crippen LogP contribution is 2.21. The number of hydrogen-bond donors (Lipinski definition) is 1. The Hall–Kier alpha value is -0.0300. The Bertz CT molecular complexity index is 265. The van der Waals surface area contributed by atoms with Crippen LogP contribution in [0.4, 0.5) is 0 Å². The first-order valence-corrected chi connectivity index (χ1v) is 7.50. The molecule has 1 amide bonds. The monoisotopic (exact) mass is 325 g/mol. The van der Waals surface area contributed by atoms with Crippen molar-refractivity contribution < 1.29 is 4.79 Å². The molecule has 2 fully saturated rings. The van der Waals surface area contributed by atoms with Crippen LogP contribution in [0.25, 0.3) is 0 Å². The van der Waals surface area contributed by atoms with Gasteiger partial charge in [0.25, 0.3) is 0 Å². The molecule has 0 spiro atoms. The number of piperidine rings is 1. The summed E-state index contributed by atoms with van der Waals surface area (Å²) >= 11 is 0. The third-order valence-electron chi connectivity index (χ3n) is 4.28. The van der Waals surface area contributed by atoms with Crippen molar-refractivity contribution in [2.24, 2.45) is 11.7 Å². The zero-order chi connectivity index (χ0) is 12.8. The van der Waals surface area contributed by atoms with Crippen molar-refractivity contribution >= 4 is 30.7 Å². The SMILES string of the molecule is Cl.Cl.NCCCC(=O)N1CCC(CN2CCCC2)CC1. The Morgan fingerprint density at radius 1 is 1.05 bits per heavy atom. The van der Waals surface area contributed by atoms with Crippen molar-refractivity contribution in [2.45, 2.75) is 38.5 Å². The molecule has 0 radical (unpaired) electrons. The highest BCUT2D eigenvalue weighted by molar-refractivity contribution is 5.85. The summed E-state index contributed by atoms with van der Waals surface area (Å²) in [5, 5.41) is 0. The molecule has 0 unspecified atom stereocenters. The maximum atomic E-state index is 11.9. The molecule has 0 aromatic heterocycles. The van der Waals surface area contributed by atoms with E-state index in [1.54, 1.807) is 0 Å². The van der Waals surface area contributed by atoms with Gasteiger partial charge in [-0.15, -0.1) is 24.8 Å². The number of likely N-dealkylation sites (tertiary alicyclic amines) is 2. The van der Waals surface area contributed by atoms with Crippen molar-refractivity contribution in [1.29, 1.82) is 0 Å². The second-order valence-electron chi connectivity index (χ2n) is 5.72. The number of halogens is 2. The molecule has 2 N–H and O–H groups in total. The highest BCUT2D eigenvalue weighted by atomic mass is 35.5. The van der Waals surface area contributed by atoms with Crippen LogP contribution >= 0.6 is 24.8 Å². The largest absolute Gasteiger partial charge is 0.343 e. The standard InChI is InChI=1S/C14H27N3O.2ClH/c15-7-3-4-14(18)17-10-5-13(6-11-17)12-16-8-1-2-9-16;;/h13H,1-12,15H2;2*1H. The van der Waals surface area contributed by atoms with Crippen LogP contribution < -0.4 is 5.73 Å². The zero-order valence-electron chi connectivity index (χ0n) is 12.3. The van der Waals surface area contributed by atoms with E-state index in [-0.39, 0.29) is 24.8 Å². The summed E-state index contributed by atoms with van der Waals surface area (Å²) in [7, 11) is 0.